The second-order valence-corrected chi connectivity index (χ2v) is 8.44. The molecule has 2 heterocycles. The van der Waals surface area contributed by atoms with E-state index in [1.54, 1.807) is 28.6 Å². The highest BCUT2D eigenvalue weighted by molar-refractivity contribution is 7.99. The first-order chi connectivity index (χ1) is 15.1. The zero-order chi connectivity index (χ0) is 21.8. The number of thioether (sulfide) groups is 1. The van der Waals surface area contributed by atoms with Crippen LogP contribution in [0.4, 0.5) is 5.69 Å². The predicted octanol–water partition coefficient (Wildman–Crippen LogP) is 4.08. The van der Waals surface area contributed by atoms with Crippen molar-refractivity contribution in [3.8, 4) is 22.8 Å². The van der Waals surface area contributed by atoms with Crippen molar-refractivity contribution in [2.75, 3.05) is 17.7 Å². The number of hydrogen-bond acceptors (Lipinski definition) is 6. The van der Waals surface area contributed by atoms with Gasteiger partial charge >= 0.3 is 11.3 Å². The third-order valence-corrected chi connectivity index (χ3v) is 6.12. The molecule has 162 valence electrons. The number of H-pyrrole nitrogens is 1. The Hall–Kier alpha value is -3.00. The molecule has 0 amide bonds. The van der Waals surface area contributed by atoms with Gasteiger partial charge in [0, 0.05) is 16.4 Å². The molecule has 7 nitrogen and oxygen atoms in total. The first kappa shape index (κ1) is 21.2. The maximum Gasteiger partial charge on any atom is 0.325 e. The van der Waals surface area contributed by atoms with Crippen LogP contribution in [0.15, 0.2) is 52.4 Å². The zero-order valence-electron chi connectivity index (χ0n) is 17.7. The van der Waals surface area contributed by atoms with Crippen molar-refractivity contribution in [1.29, 1.82) is 0 Å². The number of aromatic nitrogens is 3. The van der Waals surface area contributed by atoms with E-state index in [4.69, 9.17) is 9.84 Å². The molecule has 0 fully saturated rings. The molecule has 1 aliphatic rings. The molecule has 0 radical (unpaired) electrons. The minimum absolute atomic E-state index is 0.0815. The van der Waals surface area contributed by atoms with Crippen molar-refractivity contribution in [3.05, 3.63) is 58.4 Å². The fourth-order valence-electron chi connectivity index (χ4n) is 3.67. The van der Waals surface area contributed by atoms with Gasteiger partial charge in [0.05, 0.1) is 17.9 Å². The van der Waals surface area contributed by atoms with Gasteiger partial charge in [-0.15, -0.1) is 0 Å². The SMILES string of the molecule is CCCCCSc1n[n+]2c(c(=O)[nH]1)-c1ccccc1N[C@H]2c1ccc(O)c(OCC)c1. The molecule has 4 rings (SSSR count). The number of nitrogens with zero attached hydrogens (tertiary/aromatic N) is 2. The molecule has 0 spiro atoms. The van der Waals surface area contributed by atoms with Crippen molar-refractivity contribution in [1.82, 2.24) is 10.1 Å². The zero-order valence-corrected chi connectivity index (χ0v) is 18.5. The Labute approximate surface area is 185 Å². The lowest BCUT2D eigenvalue weighted by molar-refractivity contribution is -0.759. The third kappa shape index (κ3) is 4.39. The fourth-order valence-corrected chi connectivity index (χ4v) is 4.52. The van der Waals surface area contributed by atoms with E-state index in [-0.39, 0.29) is 11.3 Å². The molecule has 8 heteroatoms. The van der Waals surface area contributed by atoms with Crippen molar-refractivity contribution >= 4 is 17.4 Å². The molecule has 0 unspecified atom stereocenters. The van der Waals surface area contributed by atoms with Gasteiger partial charge in [0.1, 0.15) is 0 Å². The average molecular weight is 440 g/mol. The Morgan fingerprint density at radius 2 is 2.03 bits per heavy atom. The largest absolute Gasteiger partial charge is 0.504 e. The van der Waals surface area contributed by atoms with Gasteiger partial charge in [-0.2, -0.15) is 0 Å². The second kappa shape index (κ2) is 9.43. The number of hydrogen-bond donors (Lipinski definition) is 3. The Morgan fingerprint density at radius 3 is 2.84 bits per heavy atom. The predicted molar refractivity (Wildman–Crippen MR) is 122 cm³/mol. The number of para-hydroxylation sites is 1. The van der Waals surface area contributed by atoms with Gasteiger partial charge in [-0.05, 0) is 48.4 Å². The van der Waals surface area contributed by atoms with Crippen LogP contribution in [0.3, 0.4) is 0 Å². The van der Waals surface area contributed by atoms with Gasteiger partial charge in [-0.25, -0.2) is 0 Å². The van der Waals surface area contributed by atoms with Crippen LogP contribution in [0.2, 0.25) is 0 Å². The van der Waals surface area contributed by atoms with Crippen LogP contribution in [0.1, 0.15) is 44.8 Å². The van der Waals surface area contributed by atoms with Gasteiger partial charge in [0.25, 0.3) is 6.17 Å². The number of benzene rings is 2. The smallest absolute Gasteiger partial charge is 0.325 e. The third-order valence-electron chi connectivity index (χ3n) is 5.17. The number of aromatic hydroxyl groups is 1. The van der Waals surface area contributed by atoms with E-state index < -0.39 is 6.17 Å². The first-order valence-corrected chi connectivity index (χ1v) is 11.6. The van der Waals surface area contributed by atoms with Crippen LogP contribution in [0.5, 0.6) is 11.5 Å². The highest BCUT2D eigenvalue weighted by atomic mass is 32.2. The summed E-state index contributed by atoms with van der Waals surface area (Å²) >= 11 is 1.56. The Morgan fingerprint density at radius 1 is 1.19 bits per heavy atom. The van der Waals surface area contributed by atoms with Crippen LogP contribution in [0.25, 0.3) is 11.3 Å². The monoisotopic (exact) mass is 439 g/mol. The number of phenols is 1. The lowest BCUT2D eigenvalue weighted by Gasteiger charge is -2.22. The van der Waals surface area contributed by atoms with Crippen molar-refractivity contribution in [3.63, 3.8) is 0 Å². The molecule has 3 N–H and O–H groups in total. The molecule has 0 aliphatic carbocycles. The molecule has 1 atom stereocenters. The van der Waals surface area contributed by atoms with E-state index in [2.05, 4.69) is 17.2 Å². The average Bonchev–Trinajstić information content (AvgIpc) is 2.77. The molecule has 0 saturated carbocycles. The van der Waals surface area contributed by atoms with Crippen LogP contribution in [-0.2, 0) is 0 Å². The summed E-state index contributed by atoms with van der Waals surface area (Å²) in [5.74, 6) is 1.39. The molecule has 3 aromatic rings. The lowest BCUT2D eigenvalue weighted by Crippen LogP contribution is -2.55. The van der Waals surface area contributed by atoms with Crippen LogP contribution >= 0.6 is 11.8 Å². The van der Waals surface area contributed by atoms with Crippen LogP contribution in [0, 0.1) is 0 Å². The van der Waals surface area contributed by atoms with Gasteiger partial charge in [0.15, 0.2) is 11.5 Å². The topological polar surface area (TPSA) is 91.1 Å². The summed E-state index contributed by atoms with van der Waals surface area (Å²) in [5.41, 5.74) is 2.83. The molecule has 0 bridgehead atoms. The number of rotatable bonds is 8. The maximum absolute atomic E-state index is 13.1. The molecule has 1 aliphatic heterocycles. The molecule has 31 heavy (non-hydrogen) atoms. The molecule has 0 saturated heterocycles. The Bertz CT molecular complexity index is 1130. The van der Waals surface area contributed by atoms with Crippen molar-refractivity contribution in [2.45, 2.75) is 44.4 Å². The summed E-state index contributed by atoms with van der Waals surface area (Å²) in [4.78, 5) is 16.1. The van der Waals surface area contributed by atoms with Gasteiger partial charge < -0.3 is 15.2 Å². The summed E-state index contributed by atoms with van der Waals surface area (Å²) < 4.78 is 7.31. The standard InChI is InChI=1S/C23H26N4O3S/c1-3-5-8-13-31-23-25-22(29)20-16-9-6-7-10-17(16)24-21(27(20)26-23)15-11-12-18(28)19(14-15)30-4-2/h6-7,9-12,14,21H,3-5,8,13H2,1-2H3,(H2,25,26,28,29)/p+1/t21-/m1/s1. The number of aromatic amines is 1. The highest BCUT2D eigenvalue weighted by Crippen LogP contribution is 2.34. The van der Waals surface area contributed by atoms with Gasteiger partial charge in [0.2, 0.25) is 5.16 Å². The Kier molecular flexibility index (Phi) is 6.46. The summed E-state index contributed by atoms with van der Waals surface area (Å²) in [5, 5.41) is 19.0. The van der Waals surface area contributed by atoms with Crippen LogP contribution < -0.4 is 20.3 Å². The van der Waals surface area contributed by atoms with E-state index in [0.717, 1.165) is 41.8 Å². The van der Waals surface area contributed by atoms with Gasteiger partial charge in [-0.1, -0.05) is 43.7 Å². The second-order valence-electron chi connectivity index (χ2n) is 7.36. The number of ether oxygens (including phenoxy) is 1. The van der Waals surface area contributed by atoms with E-state index >= 15 is 0 Å². The summed E-state index contributed by atoms with van der Waals surface area (Å²) in [7, 11) is 0. The summed E-state index contributed by atoms with van der Waals surface area (Å²) in [6.07, 6.45) is 2.96. The van der Waals surface area contributed by atoms with E-state index in [1.165, 1.54) is 0 Å². The summed E-state index contributed by atoms with van der Waals surface area (Å²) in [6, 6.07) is 12.9. The molecular formula is C23H27N4O3S+. The van der Waals surface area contributed by atoms with E-state index in [1.807, 2.05) is 37.3 Å². The Balaban J connectivity index is 1.80. The van der Waals surface area contributed by atoms with Gasteiger partial charge in [-0.3, -0.25) is 9.78 Å². The minimum atomic E-state index is -0.415. The number of nitrogens with one attached hydrogen (secondary N) is 2. The molecular weight excluding hydrogens is 412 g/mol. The quantitative estimate of drug-likeness (QED) is 0.278. The lowest BCUT2D eigenvalue weighted by atomic mass is 10.0. The normalized spacial score (nSPS) is 14.5. The number of phenolic OH excluding ortho intramolecular Hbond substituents is 1. The molecule has 2 aromatic carbocycles. The number of unbranched alkanes of at least 4 members (excludes halogenated alkanes) is 2. The number of fused-ring (bicyclic) bond motifs is 3. The highest BCUT2D eigenvalue weighted by Gasteiger charge is 2.37. The molecule has 1 aromatic heterocycles. The van der Waals surface area contributed by atoms with Crippen LogP contribution in [-0.4, -0.2) is 27.5 Å². The minimum Gasteiger partial charge on any atom is -0.504 e. The van der Waals surface area contributed by atoms with E-state index in [9.17, 15) is 9.90 Å². The van der Waals surface area contributed by atoms with Crippen molar-refractivity contribution < 1.29 is 14.5 Å². The fraction of sp³-hybridized carbons (Fsp3) is 0.348. The van der Waals surface area contributed by atoms with Crippen molar-refractivity contribution in [2.24, 2.45) is 0 Å². The van der Waals surface area contributed by atoms with E-state index in [0.29, 0.717) is 23.2 Å². The maximum atomic E-state index is 13.1. The summed E-state index contributed by atoms with van der Waals surface area (Å²) in [6.45, 7) is 4.48. The first-order valence-electron chi connectivity index (χ1n) is 10.6. The number of anilines is 1.